The molecule has 2 heteroatoms. The summed E-state index contributed by atoms with van der Waals surface area (Å²) in [6, 6.07) is 18.1. The minimum Gasteiger partial charge on any atom is -0.289 e. The molecule has 4 rings (SSSR count). The highest BCUT2D eigenvalue weighted by Gasteiger charge is 2.24. The van der Waals surface area contributed by atoms with Crippen LogP contribution in [0.15, 0.2) is 54.6 Å². The second kappa shape index (κ2) is 3.58. The maximum atomic E-state index is 12.6. The second-order valence-corrected chi connectivity index (χ2v) is 5.03. The van der Waals surface area contributed by atoms with E-state index in [-0.39, 0.29) is 5.78 Å². The lowest BCUT2D eigenvalue weighted by Crippen LogP contribution is -2.13. The zero-order valence-electron chi connectivity index (χ0n) is 10.6. The molecule has 0 bridgehead atoms. The third-order valence-corrected chi connectivity index (χ3v) is 3.97. The van der Waals surface area contributed by atoms with Crippen molar-refractivity contribution in [1.82, 2.24) is 0 Å². The number of hydrogen-bond donors (Lipinski definition) is 0. The predicted molar refractivity (Wildman–Crippen MR) is 81.0 cm³/mol. The molecule has 0 amide bonds. The number of ketones is 1. The van der Waals surface area contributed by atoms with E-state index in [1.54, 1.807) is 0 Å². The maximum Gasteiger partial charge on any atom is 0.194 e. The largest absolute Gasteiger partial charge is 0.289 e. The average Bonchev–Trinajstić information content (AvgIpc) is 2.46. The number of rotatable bonds is 0. The van der Waals surface area contributed by atoms with Crippen LogP contribution in [0, 0.1) is 0 Å². The van der Waals surface area contributed by atoms with Crippen LogP contribution in [0.4, 0.5) is 0 Å². The minimum atomic E-state index is 0.138. The summed E-state index contributed by atoms with van der Waals surface area (Å²) in [5, 5.41) is 2.28. The lowest BCUT2D eigenvalue weighted by Gasteiger charge is -2.20. The third-order valence-electron chi connectivity index (χ3n) is 3.97. The van der Waals surface area contributed by atoms with Gasteiger partial charge >= 0.3 is 0 Å². The summed E-state index contributed by atoms with van der Waals surface area (Å²) in [5.41, 5.74) is 5.08. The molecule has 0 aromatic heterocycles. The quantitative estimate of drug-likeness (QED) is 0.432. The van der Waals surface area contributed by atoms with Gasteiger partial charge in [-0.3, -0.25) is 4.79 Å². The van der Waals surface area contributed by atoms with Gasteiger partial charge in [0.05, 0.1) is 0 Å². The van der Waals surface area contributed by atoms with Crippen LogP contribution in [0.1, 0.15) is 15.9 Å². The zero-order valence-corrected chi connectivity index (χ0v) is 10.6. The maximum absolute atomic E-state index is 12.6. The first-order valence-corrected chi connectivity index (χ1v) is 6.44. The Hall–Kier alpha value is -2.35. The van der Waals surface area contributed by atoms with Crippen molar-refractivity contribution < 1.29 is 4.79 Å². The molecular weight excluding hydrogens is 231 g/mol. The number of carbonyl (C=O) groups is 1. The monoisotopic (exact) mass is 242 g/mol. The molecule has 1 aliphatic carbocycles. The number of fused-ring (bicyclic) bond motifs is 2. The van der Waals surface area contributed by atoms with Gasteiger partial charge in [-0.2, -0.15) is 0 Å². The van der Waals surface area contributed by atoms with Crippen molar-refractivity contribution in [1.29, 1.82) is 0 Å². The van der Waals surface area contributed by atoms with E-state index >= 15 is 0 Å². The molecular formula is C17H11BO. The molecule has 0 atom stereocenters. The van der Waals surface area contributed by atoms with Gasteiger partial charge in [-0.05, 0) is 16.5 Å². The van der Waals surface area contributed by atoms with E-state index in [0.717, 1.165) is 22.1 Å². The fourth-order valence-corrected chi connectivity index (χ4v) is 3.03. The first-order valence-electron chi connectivity index (χ1n) is 6.44. The molecule has 3 aromatic rings. The van der Waals surface area contributed by atoms with Gasteiger partial charge in [0, 0.05) is 16.5 Å². The number of carbonyl (C=O) groups excluding carboxylic acids is 1. The van der Waals surface area contributed by atoms with Crippen molar-refractivity contribution in [2.75, 3.05) is 0 Å². The van der Waals surface area contributed by atoms with Crippen LogP contribution in [-0.4, -0.2) is 13.6 Å². The van der Waals surface area contributed by atoms with Gasteiger partial charge in [-0.1, -0.05) is 60.1 Å². The molecule has 19 heavy (non-hydrogen) atoms. The Balaban J connectivity index is 2.28. The number of hydrogen-bond acceptors (Lipinski definition) is 1. The van der Waals surface area contributed by atoms with Crippen molar-refractivity contribution in [2.24, 2.45) is 0 Å². The van der Waals surface area contributed by atoms with E-state index < -0.39 is 0 Å². The topological polar surface area (TPSA) is 17.1 Å². The zero-order chi connectivity index (χ0) is 13.0. The van der Waals surface area contributed by atoms with Crippen LogP contribution < -0.4 is 5.46 Å². The lowest BCUT2D eigenvalue weighted by atomic mass is 9.79. The predicted octanol–water partition coefficient (Wildman–Crippen LogP) is 2.31. The molecule has 0 aliphatic heterocycles. The van der Waals surface area contributed by atoms with Gasteiger partial charge in [0.1, 0.15) is 7.85 Å². The van der Waals surface area contributed by atoms with Crippen molar-refractivity contribution in [3.8, 4) is 11.1 Å². The van der Waals surface area contributed by atoms with Crippen LogP contribution in [-0.2, 0) is 0 Å². The Morgan fingerprint density at radius 3 is 2.26 bits per heavy atom. The first-order chi connectivity index (χ1) is 9.27. The summed E-state index contributed by atoms with van der Waals surface area (Å²) >= 11 is 0. The van der Waals surface area contributed by atoms with Crippen molar-refractivity contribution >= 4 is 29.9 Å². The van der Waals surface area contributed by atoms with E-state index in [2.05, 4.69) is 26.0 Å². The van der Waals surface area contributed by atoms with Gasteiger partial charge in [0.2, 0.25) is 0 Å². The highest BCUT2D eigenvalue weighted by molar-refractivity contribution is 6.41. The Morgan fingerprint density at radius 2 is 1.42 bits per heavy atom. The standard InChI is InChI=1S/C17H11BO/c18-15-9-8-11-10-4-1-2-5-12(10)17(19)14-7-3-6-13(15)16(11)14/h1-9H,18H2. The van der Waals surface area contributed by atoms with Gasteiger partial charge in [-0.15, -0.1) is 0 Å². The summed E-state index contributed by atoms with van der Waals surface area (Å²) in [6.45, 7) is 0. The molecule has 1 nitrogen and oxygen atoms in total. The molecule has 0 heterocycles. The van der Waals surface area contributed by atoms with Crippen molar-refractivity contribution in [3.05, 3.63) is 65.7 Å². The van der Waals surface area contributed by atoms with E-state index in [1.807, 2.05) is 36.4 Å². The highest BCUT2D eigenvalue weighted by atomic mass is 16.1. The fraction of sp³-hybridized carbons (Fsp3) is 0. The highest BCUT2D eigenvalue weighted by Crippen LogP contribution is 2.38. The van der Waals surface area contributed by atoms with E-state index in [9.17, 15) is 4.79 Å². The molecule has 0 radical (unpaired) electrons. The first kappa shape index (κ1) is 10.6. The smallest absolute Gasteiger partial charge is 0.194 e. The van der Waals surface area contributed by atoms with E-state index in [0.29, 0.717) is 0 Å². The fourth-order valence-electron chi connectivity index (χ4n) is 3.03. The average molecular weight is 242 g/mol. The Kier molecular flexibility index (Phi) is 1.99. The molecule has 0 spiro atoms. The SMILES string of the molecule is Bc1ccc2c3c(cccc13)C(=O)c1ccccc1-2. The summed E-state index contributed by atoms with van der Waals surface area (Å²) in [6.07, 6.45) is 0. The summed E-state index contributed by atoms with van der Waals surface area (Å²) in [7, 11) is 2.09. The van der Waals surface area contributed by atoms with Gasteiger partial charge in [0.15, 0.2) is 5.78 Å². The van der Waals surface area contributed by atoms with Crippen molar-refractivity contribution in [3.63, 3.8) is 0 Å². The molecule has 1 aliphatic rings. The van der Waals surface area contributed by atoms with Crippen LogP contribution in [0.5, 0.6) is 0 Å². The van der Waals surface area contributed by atoms with Gasteiger partial charge in [0.25, 0.3) is 0 Å². The summed E-state index contributed by atoms with van der Waals surface area (Å²) in [5.74, 6) is 0.138. The molecule has 88 valence electrons. The Labute approximate surface area is 112 Å². The Morgan fingerprint density at radius 1 is 0.684 bits per heavy atom. The number of benzene rings is 3. The van der Waals surface area contributed by atoms with Crippen LogP contribution >= 0.6 is 0 Å². The lowest BCUT2D eigenvalue weighted by molar-refractivity contribution is 0.104. The van der Waals surface area contributed by atoms with E-state index in [4.69, 9.17) is 0 Å². The third kappa shape index (κ3) is 1.29. The van der Waals surface area contributed by atoms with Crippen LogP contribution in [0.3, 0.4) is 0 Å². The van der Waals surface area contributed by atoms with Crippen molar-refractivity contribution in [2.45, 2.75) is 0 Å². The minimum absolute atomic E-state index is 0.138. The molecule has 0 saturated heterocycles. The molecule has 0 saturated carbocycles. The molecule has 3 aromatic carbocycles. The van der Waals surface area contributed by atoms with Gasteiger partial charge in [-0.25, -0.2) is 0 Å². The normalized spacial score (nSPS) is 12.5. The van der Waals surface area contributed by atoms with Crippen LogP contribution in [0.25, 0.3) is 21.9 Å². The Bertz CT molecular complexity index is 849. The van der Waals surface area contributed by atoms with Gasteiger partial charge < -0.3 is 0 Å². The molecule has 0 unspecified atom stereocenters. The molecule has 0 N–H and O–H groups in total. The van der Waals surface area contributed by atoms with E-state index in [1.165, 1.54) is 16.4 Å². The summed E-state index contributed by atoms with van der Waals surface area (Å²) < 4.78 is 0. The van der Waals surface area contributed by atoms with Crippen LogP contribution in [0.2, 0.25) is 0 Å². The summed E-state index contributed by atoms with van der Waals surface area (Å²) in [4.78, 5) is 12.6. The molecule has 0 fully saturated rings. The second-order valence-electron chi connectivity index (χ2n) is 5.03.